The predicted octanol–water partition coefficient (Wildman–Crippen LogP) is 3.24. The smallest absolute Gasteiger partial charge is 0.0724 e. The van der Waals surface area contributed by atoms with E-state index in [2.05, 4.69) is 30.3 Å². The maximum absolute atomic E-state index is 8.79. The maximum Gasteiger partial charge on any atom is 0.0724 e. The average molecular weight is 254 g/mol. The molecule has 1 N–H and O–H groups in total. The van der Waals surface area contributed by atoms with E-state index in [1.54, 1.807) is 0 Å². The summed E-state index contributed by atoms with van der Waals surface area (Å²) in [4.78, 5) is 0. The topological polar surface area (TPSA) is 29.5 Å². The number of hydrogen-bond donors (Lipinski definition) is 1. The van der Waals surface area contributed by atoms with Gasteiger partial charge in [0, 0.05) is 0 Å². The van der Waals surface area contributed by atoms with Crippen LogP contribution in [0, 0.1) is 0 Å². The Kier molecular flexibility index (Phi) is 5.35. The zero-order valence-electron chi connectivity index (χ0n) is 10.8. The molecule has 2 nitrogen and oxygen atoms in total. The van der Waals surface area contributed by atoms with E-state index in [-0.39, 0.29) is 6.61 Å². The van der Waals surface area contributed by atoms with Gasteiger partial charge >= 0.3 is 0 Å². The summed E-state index contributed by atoms with van der Waals surface area (Å²) in [6, 6.07) is 20.3. The van der Waals surface area contributed by atoms with Gasteiger partial charge < -0.3 is 9.84 Å². The van der Waals surface area contributed by atoms with Crippen molar-refractivity contribution in [1.29, 1.82) is 0 Å². The van der Waals surface area contributed by atoms with E-state index in [9.17, 15) is 0 Å². The first-order valence-electron chi connectivity index (χ1n) is 6.40. The van der Waals surface area contributed by atoms with Crippen molar-refractivity contribution < 1.29 is 9.84 Å². The second-order valence-corrected chi connectivity index (χ2v) is 4.22. The fourth-order valence-electron chi connectivity index (χ4n) is 1.86. The Morgan fingerprint density at radius 2 is 1.58 bits per heavy atom. The zero-order chi connectivity index (χ0) is 13.3. The van der Waals surface area contributed by atoms with Crippen LogP contribution in [0.2, 0.25) is 0 Å². The van der Waals surface area contributed by atoms with Crippen molar-refractivity contribution in [1.82, 2.24) is 0 Å². The maximum atomic E-state index is 8.79. The summed E-state index contributed by atoms with van der Waals surface area (Å²) >= 11 is 0. The highest BCUT2D eigenvalue weighted by Gasteiger charge is 2.02. The highest BCUT2D eigenvalue weighted by Crippen LogP contribution is 2.18. The Labute approximate surface area is 114 Å². The second kappa shape index (κ2) is 7.52. The van der Waals surface area contributed by atoms with Crippen LogP contribution in [-0.2, 0) is 4.74 Å². The molecule has 0 aromatic heterocycles. The zero-order valence-corrected chi connectivity index (χ0v) is 10.8. The Balaban J connectivity index is 2.22. The number of hydrogen-bond acceptors (Lipinski definition) is 2. The summed E-state index contributed by atoms with van der Waals surface area (Å²) < 4.78 is 5.45. The molecule has 0 aliphatic heterocycles. The highest BCUT2D eigenvalue weighted by atomic mass is 16.5. The molecule has 0 amide bonds. The summed E-state index contributed by atoms with van der Waals surface area (Å²) in [5.41, 5.74) is 3.40. The normalized spacial score (nSPS) is 11.5. The van der Waals surface area contributed by atoms with Crippen LogP contribution >= 0.6 is 0 Å². The number of rotatable bonds is 6. The van der Waals surface area contributed by atoms with Crippen molar-refractivity contribution in [3.63, 3.8) is 0 Å². The summed E-state index contributed by atoms with van der Waals surface area (Å²) in [6.45, 7) is 0.909. The predicted molar refractivity (Wildman–Crippen MR) is 78.7 cm³/mol. The van der Waals surface area contributed by atoms with Gasteiger partial charge in [0.25, 0.3) is 0 Å². The van der Waals surface area contributed by atoms with E-state index >= 15 is 0 Å². The quantitative estimate of drug-likeness (QED) is 0.633. The molecule has 0 heterocycles. The third-order valence-corrected chi connectivity index (χ3v) is 2.78. The molecule has 0 unspecified atom stereocenters. The van der Waals surface area contributed by atoms with Crippen LogP contribution in [0.25, 0.3) is 11.6 Å². The van der Waals surface area contributed by atoms with Gasteiger partial charge in [-0.3, -0.25) is 0 Å². The summed E-state index contributed by atoms with van der Waals surface area (Å²) in [6.07, 6.45) is 2.12. The average Bonchev–Trinajstić information content (AvgIpc) is 2.48. The van der Waals surface area contributed by atoms with E-state index in [1.165, 1.54) is 0 Å². The van der Waals surface area contributed by atoms with Crippen LogP contribution in [0.1, 0.15) is 11.1 Å². The Morgan fingerprint density at radius 1 is 0.947 bits per heavy atom. The van der Waals surface area contributed by atoms with Crippen molar-refractivity contribution in [3.8, 4) is 0 Å². The lowest BCUT2D eigenvalue weighted by Crippen LogP contribution is -2.02. The van der Waals surface area contributed by atoms with Crippen LogP contribution < -0.4 is 0 Å². The molecule has 19 heavy (non-hydrogen) atoms. The second-order valence-electron chi connectivity index (χ2n) is 4.22. The third kappa shape index (κ3) is 4.36. The molecule has 0 spiro atoms. The first kappa shape index (κ1) is 13.5. The summed E-state index contributed by atoms with van der Waals surface area (Å²) in [5.74, 6) is 0. The van der Waals surface area contributed by atoms with Crippen molar-refractivity contribution in [2.75, 3.05) is 19.8 Å². The van der Waals surface area contributed by atoms with Gasteiger partial charge in [-0.15, -0.1) is 0 Å². The van der Waals surface area contributed by atoms with Gasteiger partial charge in [-0.05, 0) is 22.8 Å². The molecule has 2 heteroatoms. The van der Waals surface area contributed by atoms with Crippen LogP contribution in [0.4, 0.5) is 0 Å². The van der Waals surface area contributed by atoms with Gasteiger partial charge in [-0.1, -0.05) is 60.7 Å². The SMILES string of the molecule is OCCOCC(=Cc1ccccc1)c1ccccc1. The van der Waals surface area contributed by atoms with E-state index in [0.717, 1.165) is 16.7 Å². The van der Waals surface area contributed by atoms with Gasteiger partial charge in [0.05, 0.1) is 19.8 Å². The Bertz CT molecular complexity index is 503. The fraction of sp³-hybridized carbons (Fsp3) is 0.176. The van der Waals surface area contributed by atoms with E-state index < -0.39 is 0 Å². The molecule has 0 bridgehead atoms. The van der Waals surface area contributed by atoms with Crippen molar-refractivity contribution >= 4 is 11.6 Å². The molecule has 0 aliphatic rings. The van der Waals surface area contributed by atoms with Crippen molar-refractivity contribution in [2.24, 2.45) is 0 Å². The summed E-state index contributed by atoms with van der Waals surface area (Å²) in [7, 11) is 0. The largest absolute Gasteiger partial charge is 0.394 e. The van der Waals surface area contributed by atoms with Gasteiger partial charge in [-0.2, -0.15) is 0 Å². The van der Waals surface area contributed by atoms with E-state index in [4.69, 9.17) is 9.84 Å². The Morgan fingerprint density at radius 3 is 2.21 bits per heavy atom. The monoisotopic (exact) mass is 254 g/mol. The van der Waals surface area contributed by atoms with Crippen molar-refractivity contribution in [2.45, 2.75) is 0 Å². The third-order valence-electron chi connectivity index (χ3n) is 2.78. The molecule has 2 aromatic rings. The highest BCUT2D eigenvalue weighted by molar-refractivity contribution is 5.82. The minimum atomic E-state index is 0.0490. The molecule has 2 rings (SSSR count). The molecule has 0 saturated heterocycles. The fourth-order valence-corrected chi connectivity index (χ4v) is 1.86. The van der Waals surface area contributed by atoms with Crippen LogP contribution in [0.3, 0.4) is 0 Å². The van der Waals surface area contributed by atoms with Gasteiger partial charge in [0.2, 0.25) is 0 Å². The lowest BCUT2D eigenvalue weighted by Gasteiger charge is -2.09. The molecular formula is C17H18O2. The molecular weight excluding hydrogens is 236 g/mol. The lowest BCUT2D eigenvalue weighted by molar-refractivity contribution is 0.115. The number of ether oxygens (including phenoxy) is 1. The van der Waals surface area contributed by atoms with Crippen LogP contribution in [0.5, 0.6) is 0 Å². The molecule has 0 saturated carbocycles. The van der Waals surface area contributed by atoms with Crippen molar-refractivity contribution in [3.05, 3.63) is 71.8 Å². The lowest BCUT2D eigenvalue weighted by atomic mass is 10.0. The van der Waals surface area contributed by atoms with Gasteiger partial charge in [-0.25, -0.2) is 0 Å². The molecule has 2 aromatic carbocycles. The first-order chi connectivity index (χ1) is 9.40. The van der Waals surface area contributed by atoms with Gasteiger partial charge in [0.15, 0.2) is 0 Å². The molecule has 0 radical (unpaired) electrons. The van der Waals surface area contributed by atoms with Crippen LogP contribution in [-0.4, -0.2) is 24.9 Å². The molecule has 98 valence electrons. The molecule has 0 aliphatic carbocycles. The number of aliphatic hydroxyl groups is 1. The number of benzene rings is 2. The minimum absolute atomic E-state index is 0.0490. The minimum Gasteiger partial charge on any atom is -0.394 e. The standard InChI is InChI=1S/C17H18O2/c18-11-12-19-14-17(16-9-5-2-6-10-16)13-15-7-3-1-4-8-15/h1-10,13,18H,11-12,14H2. The number of aliphatic hydroxyl groups excluding tert-OH is 1. The van der Waals surface area contributed by atoms with Crippen LogP contribution in [0.15, 0.2) is 60.7 Å². The molecule has 0 atom stereocenters. The van der Waals surface area contributed by atoms with E-state index in [0.29, 0.717) is 13.2 Å². The first-order valence-corrected chi connectivity index (χ1v) is 6.40. The molecule has 0 fully saturated rings. The Hall–Kier alpha value is -1.90. The summed E-state index contributed by atoms with van der Waals surface area (Å²) in [5, 5.41) is 8.79. The van der Waals surface area contributed by atoms with E-state index in [1.807, 2.05) is 36.4 Å². The van der Waals surface area contributed by atoms with Gasteiger partial charge in [0.1, 0.15) is 0 Å².